The van der Waals surface area contributed by atoms with Crippen molar-refractivity contribution in [2.45, 2.75) is 6.92 Å². The van der Waals surface area contributed by atoms with Crippen LogP contribution in [0.4, 0.5) is 0 Å². The van der Waals surface area contributed by atoms with Crippen LogP contribution in [0.25, 0.3) is 10.4 Å². The standard InChI is InChI=1S/C13H9NO2S/c1-8-10(7-14)12(17-11(8)13(15)16)9-5-3-2-4-6-9/h2-6H,1H3,(H,15,16). The number of hydrogen-bond donors (Lipinski definition) is 1. The van der Waals surface area contributed by atoms with Crippen molar-refractivity contribution in [3.63, 3.8) is 0 Å². The third-order valence-electron chi connectivity index (χ3n) is 2.49. The summed E-state index contributed by atoms with van der Waals surface area (Å²) in [7, 11) is 0. The van der Waals surface area contributed by atoms with E-state index in [2.05, 4.69) is 6.07 Å². The van der Waals surface area contributed by atoms with Crippen LogP contribution in [0.1, 0.15) is 20.8 Å². The lowest BCUT2D eigenvalue weighted by Crippen LogP contribution is -1.94. The highest BCUT2D eigenvalue weighted by Crippen LogP contribution is 2.35. The molecule has 2 aromatic rings. The highest BCUT2D eigenvalue weighted by molar-refractivity contribution is 7.17. The Hall–Kier alpha value is -2.12. The van der Waals surface area contributed by atoms with Gasteiger partial charge in [-0.1, -0.05) is 30.3 Å². The van der Waals surface area contributed by atoms with Gasteiger partial charge in [0.2, 0.25) is 0 Å². The van der Waals surface area contributed by atoms with E-state index in [0.29, 0.717) is 11.1 Å². The number of rotatable bonds is 2. The number of benzene rings is 1. The number of aromatic carboxylic acids is 1. The number of hydrogen-bond acceptors (Lipinski definition) is 3. The molecule has 84 valence electrons. The highest BCUT2D eigenvalue weighted by atomic mass is 32.1. The zero-order chi connectivity index (χ0) is 12.4. The van der Waals surface area contributed by atoms with Gasteiger partial charge < -0.3 is 5.11 Å². The molecule has 0 aliphatic rings. The minimum absolute atomic E-state index is 0.236. The Kier molecular flexibility index (Phi) is 2.94. The highest BCUT2D eigenvalue weighted by Gasteiger charge is 2.19. The van der Waals surface area contributed by atoms with Crippen molar-refractivity contribution in [3.8, 4) is 16.5 Å². The van der Waals surface area contributed by atoms with Gasteiger partial charge in [-0.2, -0.15) is 5.26 Å². The third kappa shape index (κ3) is 1.93. The van der Waals surface area contributed by atoms with Crippen molar-refractivity contribution < 1.29 is 9.90 Å². The SMILES string of the molecule is Cc1c(C(=O)O)sc(-c2ccccc2)c1C#N. The average Bonchev–Trinajstić information content (AvgIpc) is 2.67. The van der Waals surface area contributed by atoms with Crippen LogP contribution in [0.5, 0.6) is 0 Å². The molecular formula is C13H9NO2S. The van der Waals surface area contributed by atoms with Crippen molar-refractivity contribution in [1.29, 1.82) is 5.26 Å². The molecule has 1 N–H and O–H groups in total. The van der Waals surface area contributed by atoms with E-state index in [1.165, 1.54) is 0 Å². The van der Waals surface area contributed by atoms with E-state index in [-0.39, 0.29) is 4.88 Å². The van der Waals surface area contributed by atoms with Gasteiger partial charge >= 0.3 is 5.97 Å². The van der Waals surface area contributed by atoms with Crippen molar-refractivity contribution in [1.82, 2.24) is 0 Å². The van der Waals surface area contributed by atoms with Crippen LogP contribution in [0.2, 0.25) is 0 Å². The lowest BCUT2D eigenvalue weighted by atomic mass is 10.1. The molecular weight excluding hydrogens is 234 g/mol. The molecule has 1 aromatic heterocycles. The first-order valence-electron chi connectivity index (χ1n) is 4.97. The fourth-order valence-corrected chi connectivity index (χ4v) is 2.75. The average molecular weight is 243 g/mol. The van der Waals surface area contributed by atoms with Gasteiger partial charge in [0.05, 0.1) is 10.4 Å². The first-order valence-corrected chi connectivity index (χ1v) is 5.79. The zero-order valence-electron chi connectivity index (χ0n) is 9.10. The molecule has 0 radical (unpaired) electrons. The number of carbonyl (C=O) groups is 1. The van der Waals surface area contributed by atoms with E-state index < -0.39 is 5.97 Å². The Morgan fingerprint density at radius 1 is 1.35 bits per heavy atom. The molecule has 0 unspecified atom stereocenters. The minimum Gasteiger partial charge on any atom is -0.477 e. The van der Waals surface area contributed by atoms with Gasteiger partial charge in [0.15, 0.2) is 0 Å². The molecule has 1 heterocycles. The normalized spacial score (nSPS) is 9.88. The summed E-state index contributed by atoms with van der Waals surface area (Å²) in [5.41, 5.74) is 1.88. The summed E-state index contributed by atoms with van der Waals surface area (Å²) in [6.07, 6.45) is 0. The number of carboxylic acids is 1. The van der Waals surface area contributed by atoms with Crippen LogP contribution in [0.15, 0.2) is 30.3 Å². The molecule has 1 aromatic carbocycles. The van der Waals surface area contributed by atoms with Crippen molar-refractivity contribution >= 4 is 17.3 Å². The summed E-state index contributed by atoms with van der Waals surface area (Å²) < 4.78 is 0. The molecule has 0 aliphatic heterocycles. The van der Waals surface area contributed by atoms with E-state index in [1.54, 1.807) is 6.92 Å². The Balaban J connectivity index is 2.68. The summed E-state index contributed by atoms with van der Waals surface area (Å²) in [5.74, 6) is -0.980. The van der Waals surface area contributed by atoms with Gasteiger partial charge in [-0.15, -0.1) is 11.3 Å². The topological polar surface area (TPSA) is 61.1 Å². The van der Waals surface area contributed by atoms with E-state index in [4.69, 9.17) is 10.4 Å². The Morgan fingerprint density at radius 3 is 2.53 bits per heavy atom. The molecule has 2 rings (SSSR count). The van der Waals surface area contributed by atoms with Gasteiger partial charge in [0.25, 0.3) is 0 Å². The molecule has 0 amide bonds. The van der Waals surface area contributed by atoms with E-state index in [9.17, 15) is 4.79 Å². The smallest absolute Gasteiger partial charge is 0.346 e. The predicted octanol–water partition coefficient (Wildman–Crippen LogP) is 3.29. The molecule has 0 spiro atoms. The quantitative estimate of drug-likeness (QED) is 0.880. The molecule has 4 heteroatoms. The van der Waals surface area contributed by atoms with Crippen LogP contribution in [-0.4, -0.2) is 11.1 Å². The molecule has 0 bridgehead atoms. The molecule has 0 saturated carbocycles. The maximum atomic E-state index is 11.0. The fourth-order valence-electron chi connectivity index (χ4n) is 1.64. The lowest BCUT2D eigenvalue weighted by molar-refractivity contribution is 0.0701. The molecule has 0 aliphatic carbocycles. The van der Waals surface area contributed by atoms with Crippen LogP contribution in [0, 0.1) is 18.3 Å². The third-order valence-corrected chi connectivity index (χ3v) is 3.82. The largest absolute Gasteiger partial charge is 0.477 e. The molecule has 0 atom stereocenters. The minimum atomic E-state index is -0.980. The summed E-state index contributed by atoms with van der Waals surface area (Å²) in [5, 5.41) is 18.2. The van der Waals surface area contributed by atoms with Gasteiger partial charge in [0.1, 0.15) is 10.9 Å². The number of nitriles is 1. The van der Waals surface area contributed by atoms with Crippen LogP contribution < -0.4 is 0 Å². The van der Waals surface area contributed by atoms with Crippen molar-refractivity contribution in [2.24, 2.45) is 0 Å². The van der Waals surface area contributed by atoms with Crippen LogP contribution in [0.3, 0.4) is 0 Å². The molecule has 0 fully saturated rings. The summed E-state index contributed by atoms with van der Waals surface area (Å²) in [4.78, 5) is 12.0. The number of thiophene rings is 1. The molecule has 3 nitrogen and oxygen atoms in total. The monoisotopic (exact) mass is 243 g/mol. The molecule has 0 saturated heterocycles. The van der Waals surface area contributed by atoms with Crippen LogP contribution in [-0.2, 0) is 0 Å². The maximum absolute atomic E-state index is 11.0. The van der Waals surface area contributed by atoms with Gasteiger partial charge in [0, 0.05) is 0 Å². The van der Waals surface area contributed by atoms with Crippen LogP contribution >= 0.6 is 11.3 Å². The van der Waals surface area contributed by atoms with E-state index in [0.717, 1.165) is 21.8 Å². The lowest BCUT2D eigenvalue weighted by Gasteiger charge is -1.97. The maximum Gasteiger partial charge on any atom is 0.346 e. The van der Waals surface area contributed by atoms with Gasteiger partial charge in [-0.25, -0.2) is 4.79 Å². The Labute approximate surface area is 103 Å². The second kappa shape index (κ2) is 4.40. The van der Waals surface area contributed by atoms with Gasteiger partial charge in [-0.3, -0.25) is 0 Å². The zero-order valence-corrected chi connectivity index (χ0v) is 9.91. The summed E-state index contributed by atoms with van der Waals surface area (Å²) >= 11 is 1.15. The predicted molar refractivity (Wildman–Crippen MR) is 66.2 cm³/mol. The van der Waals surface area contributed by atoms with Gasteiger partial charge in [-0.05, 0) is 18.1 Å². The Morgan fingerprint density at radius 2 is 2.00 bits per heavy atom. The first-order chi connectivity index (χ1) is 8.15. The van der Waals surface area contributed by atoms with E-state index >= 15 is 0 Å². The second-order valence-corrected chi connectivity index (χ2v) is 4.56. The number of nitrogens with zero attached hydrogens (tertiary/aromatic N) is 1. The van der Waals surface area contributed by atoms with E-state index in [1.807, 2.05) is 30.3 Å². The first kappa shape index (κ1) is 11.4. The fraction of sp³-hybridized carbons (Fsp3) is 0.0769. The van der Waals surface area contributed by atoms with Crippen molar-refractivity contribution in [3.05, 3.63) is 46.3 Å². The summed E-state index contributed by atoms with van der Waals surface area (Å²) in [6.45, 7) is 1.67. The molecule has 17 heavy (non-hydrogen) atoms. The second-order valence-electron chi connectivity index (χ2n) is 3.54. The summed E-state index contributed by atoms with van der Waals surface area (Å²) in [6, 6.07) is 11.4. The number of carboxylic acid groups (broad SMARTS) is 1. The Bertz CT molecular complexity index is 608. The van der Waals surface area contributed by atoms with Crippen molar-refractivity contribution in [2.75, 3.05) is 0 Å².